The number of hydrogen-bond donors (Lipinski definition) is 1. The minimum Gasteiger partial charge on any atom is -0.490 e. The maximum atomic E-state index is 12.4. The molecule has 0 radical (unpaired) electrons. The van der Waals surface area contributed by atoms with Gasteiger partial charge < -0.3 is 4.74 Å². The average molecular weight is 331 g/mol. The van der Waals surface area contributed by atoms with Gasteiger partial charge in [0, 0.05) is 12.6 Å². The van der Waals surface area contributed by atoms with Crippen molar-refractivity contribution in [2.45, 2.75) is 43.2 Å². The van der Waals surface area contributed by atoms with Crippen LogP contribution < -0.4 is 9.46 Å². The molecule has 122 valence electrons. The number of hydrogen-bond acceptors (Lipinski definition) is 3. The maximum Gasteiger partial charge on any atom is 0.241 e. The minimum atomic E-state index is -3.54. The molecule has 0 spiro atoms. The van der Waals surface area contributed by atoms with E-state index in [1.165, 1.54) is 12.8 Å². The van der Waals surface area contributed by atoms with Crippen LogP contribution in [0, 0.1) is 0 Å². The molecule has 0 atom stereocenters. The third-order valence-electron chi connectivity index (χ3n) is 4.03. The largest absolute Gasteiger partial charge is 0.490 e. The molecular weight excluding hydrogens is 310 g/mol. The van der Waals surface area contributed by atoms with Crippen LogP contribution in [0.15, 0.2) is 59.5 Å². The van der Waals surface area contributed by atoms with E-state index in [4.69, 9.17) is 4.74 Å². The lowest BCUT2D eigenvalue weighted by atomic mass is 10.2. The van der Waals surface area contributed by atoms with Crippen molar-refractivity contribution in [3.8, 4) is 5.75 Å². The van der Waals surface area contributed by atoms with Crippen LogP contribution in [-0.2, 0) is 16.6 Å². The fraction of sp³-hybridized carbons (Fsp3) is 0.333. The lowest BCUT2D eigenvalue weighted by molar-refractivity contribution is 0.209. The molecule has 1 aliphatic rings. The van der Waals surface area contributed by atoms with Crippen molar-refractivity contribution in [2.75, 3.05) is 0 Å². The smallest absolute Gasteiger partial charge is 0.241 e. The SMILES string of the molecule is O=S(=O)(NCc1ccccc1)c1cccc(OC2CCCC2)c1. The number of nitrogens with one attached hydrogen (secondary N) is 1. The monoisotopic (exact) mass is 331 g/mol. The van der Waals surface area contributed by atoms with Crippen LogP contribution in [0.1, 0.15) is 31.2 Å². The standard InChI is InChI=1S/C18H21NO3S/c20-23(21,19-14-15-7-2-1-3-8-15)18-12-6-11-17(13-18)22-16-9-4-5-10-16/h1-3,6-8,11-13,16,19H,4-5,9-10,14H2. The summed E-state index contributed by atoms with van der Waals surface area (Å²) < 4.78 is 33.4. The van der Waals surface area contributed by atoms with Crippen LogP contribution in [0.25, 0.3) is 0 Å². The van der Waals surface area contributed by atoms with Gasteiger partial charge in [-0.15, -0.1) is 0 Å². The quantitative estimate of drug-likeness (QED) is 0.881. The first-order valence-electron chi connectivity index (χ1n) is 7.94. The molecule has 3 rings (SSSR count). The predicted octanol–water partition coefficient (Wildman–Crippen LogP) is 3.49. The molecule has 0 aliphatic heterocycles. The Morgan fingerprint density at radius 1 is 1.00 bits per heavy atom. The molecule has 5 heteroatoms. The topological polar surface area (TPSA) is 55.4 Å². The fourth-order valence-electron chi connectivity index (χ4n) is 2.77. The Balaban J connectivity index is 1.69. The molecule has 2 aromatic rings. The van der Waals surface area contributed by atoms with Gasteiger partial charge in [-0.3, -0.25) is 0 Å². The maximum absolute atomic E-state index is 12.4. The Labute approximate surface area is 137 Å². The first-order chi connectivity index (χ1) is 11.1. The van der Waals surface area contributed by atoms with Gasteiger partial charge in [0.15, 0.2) is 0 Å². The second-order valence-corrected chi connectivity index (χ2v) is 7.58. The van der Waals surface area contributed by atoms with Crippen molar-refractivity contribution in [1.82, 2.24) is 4.72 Å². The molecule has 0 aromatic heterocycles. The van der Waals surface area contributed by atoms with Crippen molar-refractivity contribution in [1.29, 1.82) is 0 Å². The van der Waals surface area contributed by atoms with Gasteiger partial charge in [0.25, 0.3) is 0 Å². The van der Waals surface area contributed by atoms with Gasteiger partial charge in [0.2, 0.25) is 10.0 Å². The Bertz CT molecular complexity index is 738. The first kappa shape index (κ1) is 16.0. The summed E-state index contributed by atoms with van der Waals surface area (Å²) >= 11 is 0. The number of sulfonamides is 1. The second kappa shape index (κ2) is 7.15. The van der Waals surface area contributed by atoms with E-state index in [1.54, 1.807) is 18.2 Å². The van der Waals surface area contributed by atoms with Crippen molar-refractivity contribution in [3.63, 3.8) is 0 Å². The molecule has 1 aliphatic carbocycles. The summed E-state index contributed by atoms with van der Waals surface area (Å²) in [5.74, 6) is 0.625. The van der Waals surface area contributed by atoms with Crippen LogP contribution in [0.3, 0.4) is 0 Å². The molecule has 0 bridgehead atoms. The summed E-state index contributed by atoms with van der Waals surface area (Å²) in [5.41, 5.74) is 0.925. The third-order valence-corrected chi connectivity index (χ3v) is 5.43. The van der Waals surface area contributed by atoms with Crippen LogP contribution in [-0.4, -0.2) is 14.5 Å². The van der Waals surface area contributed by atoms with Crippen LogP contribution in [0.5, 0.6) is 5.75 Å². The van der Waals surface area contributed by atoms with Crippen LogP contribution in [0.2, 0.25) is 0 Å². The zero-order valence-electron chi connectivity index (χ0n) is 12.9. The van der Waals surface area contributed by atoms with E-state index in [9.17, 15) is 8.42 Å². The summed E-state index contributed by atoms with van der Waals surface area (Å²) in [7, 11) is -3.54. The van der Waals surface area contributed by atoms with Gasteiger partial charge in [-0.05, 0) is 43.4 Å². The highest BCUT2D eigenvalue weighted by atomic mass is 32.2. The summed E-state index contributed by atoms with van der Waals surface area (Å²) in [4.78, 5) is 0.240. The van der Waals surface area contributed by atoms with Gasteiger partial charge in [0.05, 0.1) is 11.0 Å². The van der Waals surface area contributed by atoms with Crippen molar-refractivity contribution >= 4 is 10.0 Å². The Kier molecular flexibility index (Phi) is 4.98. The van der Waals surface area contributed by atoms with Crippen molar-refractivity contribution < 1.29 is 13.2 Å². The lowest BCUT2D eigenvalue weighted by Crippen LogP contribution is -2.23. The van der Waals surface area contributed by atoms with Gasteiger partial charge in [0.1, 0.15) is 5.75 Å². The average Bonchev–Trinajstić information content (AvgIpc) is 3.07. The Morgan fingerprint density at radius 2 is 1.74 bits per heavy atom. The predicted molar refractivity (Wildman–Crippen MR) is 89.8 cm³/mol. The Hall–Kier alpha value is -1.85. The van der Waals surface area contributed by atoms with E-state index in [2.05, 4.69) is 4.72 Å². The van der Waals surface area contributed by atoms with Gasteiger partial charge in [-0.2, -0.15) is 0 Å². The zero-order chi connectivity index (χ0) is 16.1. The molecule has 4 nitrogen and oxygen atoms in total. The summed E-state index contributed by atoms with van der Waals surface area (Å²) in [6.07, 6.45) is 4.67. The summed E-state index contributed by atoms with van der Waals surface area (Å²) in [5, 5.41) is 0. The normalized spacial score (nSPS) is 15.7. The first-order valence-corrected chi connectivity index (χ1v) is 9.42. The Morgan fingerprint density at radius 3 is 2.48 bits per heavy atom. The molecule has 0 amide bonds. The molecule has 1 saturated carbocycles. The van der Waals surface area contributed by atoms with Crippen LogP contribution >= 0.6 is 0 Å². The van der Waals surface area contributed by atoms with Gasteiger partial charge in [-0.25, -0.2) is 13.1 Å². The number of benzene rings is 2. The van der Waals surface area contributed by atoms with E-state index in [0.29, 0.717) is 5.75 Å². The highest BCUT2D eigenvalue weighted by molar-refractivity contribution is 7.89. The molecule has 1 N–H and O–H groups in total. The third kappa shape index (κ3) is 4.33. The van der Waals surface area contributed by atoms with E-state index >= 15 is 0 Å². The summed E-state index contributed by atoms with van der Waals surface area (Å²) in [6, 6.07) is 16.2. The second-order valence-electron chi connectivity index (χ2n) is 5.81. The van der Waals surface area contributed by atoms with Crippen molar-refractivity contribution in [3.05, 3.63) is 60.2 Å². The number of rotatable bonds is 6. The van der Waals surface area contributed by atoms with Gasteiger partial charge >= 0.3 is 0 Å². The highest BCUT2D eigenvalue weighted by Gasteiger charge is 2.18. The van der Waals surface area contributed by atoms with E-state index in [1.807, 2.05) is 36.4 Å². The molecule has 1 fully saturated rings. The lowest BCUT2D eigenvalue weighted by Gasteiger charge is -2.14. The molecule has 2 aromatic carbocycles. The van der Waals surface area contributed by atoms with E-state index < -0.39 is 10.0 Å². The number of ether oxygens (including phenoxy) is 1. The molecule has 0 unspecified atom stereocenters. The van der Waals surface area contributed by atoms with Crippen molar-refractivity contribution in [2.24, 2.45) is 0 Å². The minimum absolute atomic E-state index is 0.213. The molecule has 23 heavy (non-hydrogen) atoms. The molecule has 0 saturated heterocycles. The molecular formula is C18H21NO3S. The molecule has 0 heterocycles. The van der Waals surface area contributed by atoms with Crippen LogP contribution in [0.4, 0.5) is 0 Å². The van der Waals surface area contributed by atoms with Gasteiger partial charge in [-0.1, -0.05) is 36.4 Å². The highest BCUT2D eigenvalue weighted by Crippen LogP contribution is 2.25. The zero-order valence-corrected chi connectivity index (χ0v) is 13.8. The fourth-order valence-corrected chi connectivity index (χ4v) is 3.82. The summed E-state index contributed by atoms with van der Waals surface area (Å²) in [6.45, 7) is 0.275. The van der Waals surface area contributed by atoms with E-state index in [-0.39, 0.29) is 17.5 Å². The van der Waals surface area contributed by atoms with E-state index in [0.717, 1.165) is 18.4 Å².